The molecule has 2 aromatic rings. The van der Waals surface area contributed by atoms with Gasteiger partial charge in [-0.2, -0.15) is 5.10 Å². The lowest BCUT2D eigenvalue weighted by Crippen LogP contribution is -2.27. The number of amides is 1. The van der Waals surface area contributed by atoms with Crippen LogP contribution in [0.25, 0.3) is 0 Å². The van der Waals surface area contributed by atoms with E-state index < -0.39 is 0 Å². The maximum Gasteiger partial charge on any atom is 0.258 e. The molecular weight excluding hydrogens is 288 g/mol. The van der Waals surface area contributed by atoms with Crippen LogP contribution in [0.5, 0.6) is 0 Å². The molecule has 0 saturated carbocycles. The first-order valence-electron chi connectivity index (χ1n) is 6.75. The van der Waals surface area contributed by atoms with Crippen LogP contribution in [0.3, 0.4) is 0 Å². The van der Waals surface area contributed by atoms with Gasteiger partial charge in [0.2, 0.25) is 0 Å². The van der Waals surface area contributed by atoms with Crippen LogP contribution in [0.2, 0.25) is 0 Å². The molecule has 5 heteroatoms. The van der Waals surface area contributed by atoms with Gasteiger partial charge in [0.15, 0.2) is 0 Å². The van der Waals surface area contributed by atoms with Crippen LogP contribution >= 0.6 is 11.6 Å². The summed E-state index contributed by atoms with van der Waals surface area (Å²) in [7, 11) is 0. The molecule has 108 valence electrons. The van der Waals surface area contributed by atoms with Gasteiger partial charge in [0, 0.05) is 6.42 Å². The van der Waals surface area contributed by atoms with E-state index in [1.165, 1.54) is 10.6 Å². The van der Waals surface area contributed by atoms with Crippen LogP contribution in [0, 0.1) is 6.92 Å². The predicted octanol–water partition coefficient (Wildman–Crippen LogP) is 3.50. The van der Waals surface area contributed by atoms with Crippen molar-refractivity contribution in [2.24, 2.45) is 5.10 Å². The Balaban J connectivity index is 1.93. The molecule has 1 aromatic heterocycles. The average Bonchev–Trinajstić information content (AvgIpc) is 3.16. The van der Waals surface area contributed by atoms with E-state index in [-0.39, 0.29) is 17.8 Å². The van der Waals surface area contributed by atoms with E-state index in [0.29, 0.717) is 6.42 Å². The predicted molar refractivity (Wildman–Crippen MR) is 81.3 cm³/mol. The van der Waals surface area contributed by atoms with Crippen LogP contribution < -0.4 is 0 Å². The quantitative estimate of drug-likeness (QED) is 0.815. The molecule has 0 N–H and O–H groups in total. The molecule has 0 radical (unpaired) electrons. The number of furan rings is 1. The fourth-order valence-corrected chi connectivity index (χ4v) is 2.55. The minimum absolute atomic E-state index is 0.0954. The molecule has 21 heavy (non-hydrogen) atoms. The number of halogens is 1. The van der Waals surface area contributed by atoms with E-state index in [1.54, 1.807) is 6.26 Å². The Hall–Kier alpha value is -2.07. The number of hydrogen-bond donors (Lipinski definition) is 0. The van der Waals surface area contributed by atoms with Crippen molar-refractivity contribution in [2.45, 2.75) is 19.4 Å². The Labute approximate surface area is 128 Å². The number of nitrogens with zero attached hydrogens (tertiary/aromatic N) is 2. The first-order chi connectivity index (χ1) is 10.2. The monoisotopic (exact) mass is 302 g/mol. The van der Waals surface area contributed by atoms with Gasteiger partial charge in [0.05, 0.1) is 12.0 Å². The normalized spacial score (nSPS) is 17.9. The van der Waals surface area contributed by atoms with Gasteiger partial charge in [-0.15, -0.1) is 11.6 Å². The lowest BCUT2D eigenvalue weighted by atomic mass is 10.0. The van der Waals surface area contributed by atoms with E-state index in [4.69, 9.17) is 16.0 Å². The molecule has 0 aliphatic carbocycles. The summed E-state index contributed by atoms with van der Waals surface area (Å²) in [5, 5.41) is 5.88. The third kappa shape index (κ3) is 2.72. The van der Waals surface area contributed by atoms with E-state index in [1.807, 2.05) is 43.3 Å². The van der Waals surface area contributed by atoms with Gasteiger partial charge in [-0.3, -0.25) is 4.79 Å². The fourth-order valence-electron chi connectivity index (χ4n) is 2.42. The molecular formula is C16H15ClN2O2. The molecule has 3 rings (SSSR count). The molecule has 1 aliphatic heterocycles. The largest absolute Gasteiger partial charge is 0.467 e. The molecule has 1 atom stereocenters. The number of hydrazone groups is 1. The summed E-state index contributed by atoms with van der Waals surface area (Å²) in [5.41, 5.74) is 3.07. The van der Waals surface area contributed by atoms with Crippen molar-refractivity contribution in [3.63, 3.8) is 0 Å². The maximum absolute atomic E-state index is 12.0. The summed E-state index contributed by atoms with van der Waals surface area (Å²) >= 11 is 5.68. The molecule has 0 bridgehead atoms. The second-order valence-corrected chi connectivity index (χ2v) is 5.29. The van der Waals surface area contributed by atoms with Crippen molar-refractivity contribution in [1.82, 2.24) is 5.01 Å². The van der Waals surface area contributed by atoms with Gasteiger partial charge in [-0.05, 0) is 24.6 Å². The molecule has 1 amide bonds. The van der Waals surface area contributed by atoms with Gasteiger partial charge in [0.25, 0.3) is 5.91 Å². The standard InChI is InChI=1S/C16H15ClN2O2/c1-11-4-6-12(7-5-11)13-9-14(15-3-2-8-21-15)19(18-13)16(20)10-17/h2-8,14H,9-10H2,1H3/t14-/m0/s1. The molecule has 4 nitrogen and oxygen atoms in total. The van der Waals surface area contributed by atoms with Crippen LogP contribution in [0.4, 0.5) is 0 Å². The molecule has 0 spiro atoms. The zero-order valence-corrected chi connectivity index (χ0v) is 12.4. The summed E-state index contributed by atoms with van der Waals surface area (Å²) in [4.78, 5) is 12.0. The number of alkyl halides is 1. The topological polar surface area (TPSA) is 45.8 Å². The smallest absolute Gasteiger partial charge is 0.258 e. The molecule has 0 fully saturated rings. The Kier molecular flexibility index (Phi) is 3.80. The second-order valence-electron chi connectivity index (χ2n) is 5.02. The van der Waals surface area contributed by atoms with E-state index >= 15 is 0 Å². The Morgan fingerprint density at radius 3 is 2.76 bits per heavy atom. The van der Waals surface area contributed by atoms with Crippen molar-refractivity contribution in [1.29, 1.82) is 0 Å². The zero-order chi connectivity index (χ0) is 14.8. The molecule has 0 saturated heterocycles. The minimum atomic E-state index is -0.222. The highest BCUT2D eigenvalue weighted by Gasteiger charge is 2.34. The summed E-state index contributed by atoms with van der Waals surface area (Å²) in [6.45, 7) is 2.04. The Bertz CT molecular complexity index is 662. The SMILES string of the molecule is Cc1ccc(C2=NN(C(=O)CCl)[C@H](c3ccco3)C2)cc1. The Morgan fingerprint density at radius 1 is 1.38 bits per heavy atom. The van der Waals surface area contributed by atoms with Gasteiger partial charge < -0.3 is 4.42 Å². The number of carbonyl (C=O) groups is 1. The zero-order valence-electron chi connectivity index (χ0n) is 11.6. The lowest BCUT2D eigenvalue weighted by Gasteiger charge is -2.18. The average molecular weight is 303 g/mol. The molecule has 1 aliphatic rings. The highest BCUT2D eigenvalue weighted by Crippen LogP contribution is 2.33. The third-order valence-corrected chi connectivity index (χ3v) is 3.77. The van der Waals surface area contributed by atoms with Crippen LogP contribution in [0.1, 0.15) is 29.3 Å². The third-order valence-electron chi connectivity index (χ3n) is 3.54. The van der Waals surface area contributed by atoms with E-state index in [9.17, 15) is 4.79 Å². The number of aryl methyl sites for hydroxylation is 1. The molecule has 2 heterocycles. The van der Waals surface area contributed by atoms with Crippen molar-refractivity contribution < 1.29 is 9.21 Å². The first-order valence-corrected chi connectivity index (χ1v) is 7.28. The van der Waals surface area contributed by atoms with Crippen molar-refractivity contribution in [2.75, 3.05) is 5.88 Å². The van der Waals surface area contributed by atoms with Crippen LogP contribution in [-0.2, 0) is 4.79 Å². The first kappa shape index (κ1) is 13.9. The van der Waals surface area contributed by atoms with Crippen molar-refractivity contribution in [3.8, 4) is 0 Å². The summed E-state index contributed by atoms with van der Waals surface area (Å²) in [5.74, 6) is 0.404. The fraction of sp³-hybridized carbons (Fsp3) is 0.250. The summed E-state index contributed by atoms with van der Waals surface area (Å²) in [6.07, 6.45) is 2.22. The van der Waals surface area contributed by atoms with E-state index in [0.717, 1.165) is 17.0 Å². The lowest BCUT2D eigenvalue weighted by molar-refractivity contribution is -0.130. The highest BCUT2D eigenvalue weighted by atomic mass is 35.5. The molecule has 1 aromatic carbocycles. The van der Waals surface area contributed by atoms with Gasteiger partial charge >= 0.3 is 0 Å². The highest BCUT2D eigenvalue weighted by molar-refractivity contribution is 6.27. The van der Waals surface area contributed by atoms with Crippen LogP contribution in [-0.4, -0.2) is 22.5 Å². The maximum atomic E-state index is 12.0. The number of hydrogen-bond acceptors (Lipinski definition) is 3. The number of rotatable bonds is 3. The van der Waals surface area contributed by atoms with Crippen LogP contribution in [0.15, 0.2) is 52.2 Å². The van der Waals surface area contributed by atoms with Crippen molar-refractivity contribution in [3.05, 3.63) is 59.5 Å². The summed E-state index contributed by atoms with van der Waals surface area (Å²) in [6, 6.07) is 11.5. The van der Waals surface area contributed by atoms with E-state index in [2.05, 4.69) is 5.10 Å². The Morgan fingerprint density at radius 2 is 2.14 bits per heavy atom. The second kappa shape index (κ2) is 5.74. The summed E-state index contributed by atoms with van der Waals surface area (Å²) < 4.78 is 5.44. The van der Waals surface area contributed by atoms with Gasteiger partial charge in [-0.1, -0.05) is 29.8 Å². The van der Waals surface area contributed by atoms with Gasteiger partial charge in [-0.25, -0.2) is 5.01 Å². The van der Waals surface area contributed by atoms with Gasteiger partial charge in [0.1, 0.15) is 17.7 Å². The number of benzene rings is 1. The minimum Gasteiger partial charge on any atom is -0.467 e. The van der Waals surface area contributed by atoms with Crippen molar-refractivity contribution >= 4 is 23.2 Å². The molecule has 0 unspecified atom stereocenters. The number of carbonyl (C=O) groups excluding carboxylic acids is 1.